The molecule has 90 valence electrons. The van der Waals surface area contributed by atoms with Gasteiger partial charge in [0.25, 0.3) is 0 Å². The Hall–Kier alpha value is -0.720. The van der Waals surface area contributed by atoms with E-state index in [9.17, 15) is 0 Å². The molecule has 15 heavy (non-hydrogen) atoms. The summed E-state index contributed by atoms with van der Waals surface area (Å²) < 4.78 is 0. The van der Waals surface area contributed by atoms with Crippen LogP contribution in [-0.2, 0) is 0 Å². The minimum absolute atomic E-state index is 1.23. The van der Waals surface area contributed by atoms with Crippen LogP contribution in [0.5, 0.6) is 0 Å². The van der Waals surface area contributed by atoms with Crippen LogP contribution in [-0.4, -0.2) is 7.05 Å². The predicted octanol–water partition coefficient (Wildman–Crippen LogP) is 4.66. The fourth-order valence-electron chi connectivity index (χ4n) is 1.60. The molecular formula is C14H29N. The van der Waals surface area contributed by atoms with E-state index in [0.717, 1.165) is 0 Å². The molecule has 1 nitrogen and oxygen atoms in total. The minimum atomic E-state index is 1.23. The third kappa shape index (κ3) is 7.24. The number of allylic oxidation sites excluding steroid dienone is 4. The van der Waals surface area contributed by atoms with Gasteiger partial charge in [-0.2, -0.15) is 0 Å². The highest BCUT2D eigenvalue weighted by Gasteiger charge is 2.07. The molecule has 0 saturated carbocycles. The highest BCUT2D eigenvalue weighted by atomic mass is 14.8. The number of hydrogen-bond donors (Lipinski definition) is 1. The summed E-state index contributed by atoms with van der Waals surface area (Å²) >= 11 is 0. The van der Waals surface area contributed by atoms with E-state index in [-0.39, 0.29) is 0 Å². The van der Waals surface area contributed by atoms with E-state index in [1.54, 1.807) is 0 Å². The molecule has 0 amide bonds. The SMILES string of the molecule is C/C=C\C1=C(NC)CCCC1.CC.CC. The molecule has 0 heterocycles. The molecule has 0 unspecified atom stereocenters. The maximum Gasteiger partial charge on any atom is 0.0136 e. The van der Waals surface area contributed by atoms with Crippen LogP contribution in [0, 0.1) is 0 Å². The van der Waals surface area contributed by atoms with Gasteiger partial charge in [-0.1, -0.05) is 39.8 Å². The van der Waals surface area contributed by atoms with Crippen molar-refractivity contribution in [3.05, 3.63) is 23.4 Å². The van der Waals surface area contributed by atoms with Gasteiger partial charge in [-0.25, -0.2) is 0 Å². The minimum Gasteiger partial charge on any atom is -0.391 e. The van der Waals surface area contributed by atoms with E-state index in [2.05, 4.69) is 24.4 Å². The Balaban J connectivity index is 0. The molecule has 0 spiro atoms. The Kier molecular flexibility index (Phi) is 14.8. The largest absolute Gasteiger partial charge is 0.391 e. The van der Waals surface area contributed by atoms with Crippen molar-refractivity contribution in [2.75, 3.05) is 7.05 Å². The van der Waals surface area contributed by atoms with Crippen LogP contribution >= 0.6 is 0 Å². The zero-order valence-electron chi connectivity index (χ0n) is 11.5. The number of hydrogen-bond acceptors (Lipinski definition) is 1. The molecule has 0 aromatic carbocycles. The van der Waals surface area contributed by atoms with Crippen molar-refractivity contribution in [1.82, 2.24) is 5.32 Å². The average Bonchev–Trinajstić information content (AvgIpc) is 2.35. The molecule has 1 rings (SSSR count). The van der Waals surface area contributed by atoms with Crippen molar-refractivity contribution in [3.63, 3.8) is 0 Å². The zero-order chi connectivity index (χ0) is 12.1. The zero-order valence-corrected chi connectivity index (χ0v) is 11.5. The lowest BCUT2D eigenvalue weighted by molar-refractivity contribution is 0.649. The monoisotopic (exact) mass is 211 g/mol. The van der Waals surface area contributed by atoms with Crippen molar-refractivity contribution in [3.8, 4) is 0 Å². The fourth-order valence-corrected chi connectivity index (χ4v) is 1.60. The third-order valence-corrected chi connectivity index (χ3v) is 2.18. The summed E-state index contributed by atoms with van der Waals surface area (Å²) in [5.74, 6) is 0. The first-order valence-corrected chi connectivity index (χ1v) is 6.41. The maximum absolute atomic E-state index is 3.27. The van der Waals surface area contributed by atoms with Gasteiger partial charge in [0, 0.05) is 12.7 Å². The third-order valence-electron chi connectivity index (χ3n) is 2.18. The molecule has 1 aliphatic rings. The number of nitrogens with one attached hydrogen (secondary N) is 1. The topological polar surface area (TPSA) is 12.0 Å². The van der Waals surface area contributed by atoms with Crippen LogP contribution in [0.3, 0.4) is 0 Å². The van der Waals surface area contributed by atoms with E-state index < -0.39 is 0 Å². The van der Waals surface area contributed by atoms with E-state index in [0.29, 0.717) is 0 Å². The fraction of sp³-hybridized carbons (Fsp3) is 0.714. The molecule has 0 atom stereocenters. The van der Waals surface area contributed by atoms with Crippen LogP contribution in [0.2, 0.25) is 0 Å². The Morgan fingerprint density at radius 3 is 2.00 bits per heavy atom. The smallest absolute Gasteiger partial charge is 0.0136 e. The molecule has 1 heteroatoms. The van der Waals surface area contributed by atoms with Gasteiger partial charge in [0.1, 0.15) is 0 Å². The van der Waals surface area contributed by atoms with Crippen LogP contribution in [0.1, 0.15) is 60.3 Å². The van der Waals surface area contributed by atoms with Crippen LogP contribution in [0.15, 0.2) is 23.4 Å². The lowest BCUT2D eigenvalue weighted by atomic mass is 9.96. The van der Waals surface area contributed by atoms with Gasteiger partial charge in [-0.15, -0.1) is 0 Å². The van der Waals surface area contributed by atoms with Gasteiger partial charge >= 0.3 is 0 Å². The standard InChI is InChI=1S/C10H17N.2C2H6/c1-3-6-9-7-4-5-8-10(9)11-2;2*1-2/h3,6,11H,4-5,7-8H2,1-2H3;2*1-2H3/b6-3-;;. The summed E-state index contributed by atoms with van der Waals surface area (Å²) in [6.07, 6.45) is 9.53. The maximum atomic E-state index is 3.27. The molecular weight excluding hydrogens is 182 g/mol. The number of rotatable bonds is 2. The van der Waals surface area contributed by atoms with Crippen molar-refractivity contribution >= 4 is 0 Å². The van der Waals surface area contributed by atoms with Crippen LogP contribution in [0.25, 0.3) is 0 Å². The lowest BCUT2D eigenvalue weighted by Gasteiger charge is -2.17. The first kappa shape index (κ1) is 16.7. The first-order chi connectivity index (χ1) is 7.38. The van der Waals surface area contributed by atoms with Crippen LogP contribution < -0.4 is 5.32 Å². The summed E-state index contributed by atoms with van der Waals surface area (Å²) in [5, 5.41) is 3.27. The van der Waals surface area contributed by atoms with Crippen molar-refractivity contribution in [2.24, 2.45) is 0 Å². The highest BCUT2D eigenvalue weighted by molar-refractivity contribution is 5.26. The lowest BCUT2D eigenvalue weighted by Crippen LogP contribution is -2.11. The molecule has 0 fully saturated rings. The average molecular weight is 211 g/mol. The van der Waals surface area contributed by atoms with Crippen molar-refractivity contribution in [2.45, 2.75) is 60.3 Å². The van der Waals surface area contributed by atoms with Gasteiger partial charge in [-0.05, 0) is 38.2 Å². The summed E-state index contributed by atoms with van der Waals surface area (Å²) in [4.78, 5) is 0. The predicted molar refractivity (Wildman–Crippen MR) is 72.1 cm³/mol. The second-order valence-electron chi connectivity index (χ2n) is 2.96. The molecule has 0 radical (unpaired) electrons. The Morgan fingerprint density at radius 2 is 1.53 bits per heavy atom. The molecule has 1 N–H and O–H groups in total. The van der Waals surface area contributed by atoms with Gasteiger partial charge < -0.3 is 5.32 Å². The quantitative estimate of drug-likeness (QED) is 0.700. The van der Waals surface area contributed by atoms with Gasteiger partial charge in [-0.3, -0.25) is 0 Å². The highest BCUT2D eigenvalue weighted by Crippen LogP contribution is 2.23. The molecule has 0 aromatic heterocycles. The van der Waals surface area contributed by atoms with Gasteiger partial charge in [0.2, 0.25) is 0 Å². The summed E-state index contributed by atoms with van der Waals surface area (Å²) in [6.45, 7) is 10.1. The van der Waals surface area contributed by atoms with Gasteiger partial charge in [0.15, 0.2) is 0 Å². The molecule has 0 bridgehead atoms. The van der Waals surface area contributed by atoms with Crippen molar-refractivity contribution in [1.29, 1.82) is 0 Å². The molecule has 1 aliphatic carbocycles. The Bertz CT molecular complexity index is 178. The summed E-state index contributed by atoms with van der Waals surface area (Å²) in [7, 11) is 2.02. The van der Waals surface area contributed by atoms with E-state index in [1.165, 1.54) is 37.0 Å². The van der Waals surface area contributed by atoms with E-state index in [4.69, 9.17) is 0 Å². The molecule has 0 aromatic rings. The summed E-state index contributed by atoms with van der Waals surface area (Å²) in [6, 6.07) is 0. The second-order valence-corrected chi connectivity index (χ2v) is 2.96. The van der Waals surface area contributed by atoms with Crippen LogP contribution in [0.4, 0.5) is 0 Å². The second kappa shape index (κ2) is 13.3. The van der Waals surface area contributed by atoms with Crippen molar-refractivity contribution < 1.29 is 0 Å². The van der Waals surface area contributed by atoms with E-state index >= 15 is 0 Å². The Labute approximate surface area is 96.7 Å². The molecule has 0 aliphatic heterocycles. The Morgan fingerprint density at radius 1 is 1.00 bits per heavy atom. The summed E-state index contributed by atoms with van der Waals surface area (Å²) in [5.41, 5.74) is 2.94. The normalized spacial score (nSPS) is 15.1. The van der Waals surface area contributed by atoms with Gasteiger partial charge in [0.05, 0.1) is 0 Å². The first-order valence-electron chi connectivity index (χ1n) is 6.41. The molecule has 0 saturated heterocycles. The van der Waals surface area contributed by atoms with E-state index in [1.807, 2.05) is 34.7 Å².